The Morgan fingerprint density at radius 2 is 2.10 bits per heavy atom. The molecule has 3 N–H and O–H groups in total. The standard InChI is InChI=1S/C16H16N2O2S/c1-12-4-6-14(7-5-12)18-16(20)17-10-15-9-13(11-21-15)3-2-8-19/h4-7,9,11,19H,8,10H2,1H3,(H2,17,18,20). The molecule has 108 valence electrons. The molecular formula is C16H16N2O2S. The van der Waals surface area contributed by atoms with Crippen LogP contribution in [-0.4, -0.2) is 17.7 Å². The van der Waals surface area contributed by atoms with E-state index in [2.05, 4.69) is 22.5 Å². The second-order valence-electron chi connectivity index (χ2n) is 4.44. The summed E-state index contributed by atoms with van der Waals surface area (Å²) in [6.07, 6.45) is 0. The Kier molecular flexibility index (Phi) is 5.38. The maximum Gasteiger partial charge on any atom is 0.319 e. The van der Waals surface area contributed by atoms with Gasteiger partial charge in [0.2, 0.25) is 0 Å². The van der Waals surface area contributed by atoms with Crippen molar-refractivity contribution in [1.82, 2.24) is 5.32 Å². The summed E-state index contributed by atoms with van der Waals surface area (Å²) >= 11 is 1.52. The molecule has 21 heavy (non-hydrogen) atoms. The van der Waals surface area contributed by atoms with Gasteiger partial charge in [0.05, 0.1) is 6.54 Å². The summed E-state index contributed by atoms with van der Waals surface area (Å²) in [5.41, 5.74) is 2.76. The van der Waals surface area contributed by atoms with Gasteiger partial charge in [-0.05, 0) is 25.1 Å². The summed E-state index contributed by atoms with van der Waals surface area (Å²) in [7, 11) is 0. The van der Waals surface area contributed by atoms with Crippen LogP contribution < -0.4 is 10.6 Å². The van der Waals surface area contributed by atoms with Crippen LogP contribution in [0.3, 0.4) is 0 Å². The first kappa shape index (κ1) is 15.1. The van der Waals surface area contributed by atoms with E-state index < -0.39 is 0 Å². The molecule has 5 heteroatoms. The molecule has 0 spiro atoms. The SMILES string of the molecule is Cc1ccc(NC(=O)NCc2cc(C#CCO)cs2)cc1. The fraction of sp³-hybridized carbons (Fsp3) is 0.188. The molecule has 0 bridgehead atoms. The number of nitrogens with one attached hydrogen (secondary N) is 2. The van der Waals surface area contributed by atoms with E-state index in [9.17, 15) is 4.79 Å². The largest absolute Gasteiger partial charge is 0.384 e. The van der Waals surface area contributed by atoms with Crippen molar-refractivity contribution in [3.05, 3.63) is 51.7 Å². The number of carbonyl (C=O) groups excluding carboxylic acids is 1. The topological polar surface area (TPSA) is 61.4 Å². The summed E-state index contributed by atoms with van der Waals surface area (Å²) in [5, 5.41) is 16.1. The van der Waals surface area contributed by atoms with Crippen LogP contribution in [0.5, 0.6) is 0 Å². The highest BCUT2D eigenvalue weighted by Gasteiger charge is 2.03. The van der Waals surface area contributed by atoms with Crippen molar-refractivity contribution in [2.45, 2.75) is 13.5 Å². The minimum absolute atomic E-state index is 0.150. The van der Waals surface area contributed by atoms with E-state index in [1.807, 2.05) is 42.6 Å². The van der Waals surface area contributed by atoms with Gasteiger partial charge in [-0.3, -0.25) is 0 Å². The molecular weight excluding hydrogens is 284 g/mol. The first-order chi connectivity index (χ1) is 10.2. The van der Waals surface area contributed by atoms with E-state index in [1.54, 1.807) is 0 Å². The van der Waals surface area contributed by atoms with E-state index >= 15 is 0 Å². The molecule has 0 aliphatic heterocycles. The second kappa shape index (κ2) is 7.48. The fourth-order valence-corrected chi connectivity index (χ4v) is 2.42. The quantitative estimate of drug-likeness (QED) is 0.763. The molecule has 2 rings (SSSR count). The van der Waals surface area contributed by atoms with Crippen molar-refractivity contribution >= 4 is 23.1 Å². The number of aryl methyl sites for hydroxylation is 1. The van der Waals surface area contributed by atoms with E-state index in [4.69, 9.17) is 5.11 Å². The van der Waals surface area contributed by atoms with Crippen LogP contribution in [0.4, 0.5) is 10.5 Å². The first-order valence-corrected chi connectivity index (χ1v) is 7.34. The molecule has 0 aliphatic carbocycles. The van der Waals surface area contributed by atoms with Crippen molar-refractivity contribution in [2.75, 3.05) is 11.9 Å². The Balaban J connectivity index is 1.83. The summed E-state index contributed by atoms with van der Waals surface area (Å²) in [6.45, 7) is 2.30. The van der Waals surface area contributed by atoms with Gasteiger partial charge in [-0.2, -0.15) is 0 Å². The Labute approximate surface area is 127 Å². The van der Waals surface area contributed by atoms with Gasteiger partial charge in [0.1, 0.15) is 6.61 Å². The minimum Gasteiger partial charge on any atom is -0.384 e. The summed E-state index contributed by atoms with van der Waals surface area (Å²) in [5.74, 6) is 5.42. The average molecular weight is 300 g/mol. The Morgan fingerprint density at radius 3 is 2.81 bits per heavy atom. The predicted octanol–water partition coefficient (Wildman–Crippen LogP) is 2.72. The van der Waals surface area contributed by atoms with Crippen LogP contribution in [0, 0.1) is 18.8 Å². The molecule has 0 unspecified atom stereocenters. The van der Waals surface area contributed by atoms with Crippen molar-refractivity contribution in [2.24, 2.45) is 0 Å². The molecule has 0 fully saturated rings. The number of benzene rings is 1. The third-order valence-corrected chi connectivity index (χ3v) is 3.63. The monoisotopic (exact) mass is 300 g/mol. The van der Waals surface area contributed by atoms with E-state index in [0.29, 0.717) is 6.54 Å². The number of urea groups is 1. The van der Waals surface area contributed by atoms with E-state index in [0.717, 1.165) is 21.7 Å². The molecule has 1 heterocycles. The number of anilines is 1. The maximum atomic E-state index is 11.8. The maximum absolute atomic E-state index is 11.8. The number of rotatable bonds is 3. The lowest BCUT2D eigenvalue weighted by Crippen LogP contribution is -2.27. The van der Waals surface area contributed by atoms with Gasteiger partial charge in [0.25, 0.3) is 0 Å². The lowest BCUT2D eigenvalue weighted by molar-refractivity contribution is 0.252. The van der Waals surface area contributed by atoms with Crippen molar-refractivity contribution < 1.29 is 9.90 Å². The molecule has 4 nitrogen and oxygen atoms in total. The summed E-state index contributed by atoms with van der Waals surface area (Å²) < 4.78 is 0. The van der Waals surface area contributed by atoms with Crippen LogP contribution in [0.2, 0.25) is 0 Å². The van der Waals surface area contributed by atoms with Gasteiger partial charge >= 0.3 is 6.03 Å². The molecule has 0 aliphatic rings. The number of amides is 2. The number of hydrogen-bond acceptors (Lipinski definition) is 3. The van der Waals surface area contributed by atoms with Crippen molar-refractivity contribution in [1.29, 1.82) is 0 Å². The smallest absolute Gasteiger partial charge is 0.319 e. The van der Waals surface area contributed by atoms with Gasteiger partial charge in [-0.1, -0.05) is 29.5 Å². The molecule has 0 saturated heterocycles. The molecule has 0 atom stereocenters. The lowest BCUT2D eigenvalue weighted by atomic mass is 10.2. The van der Waals surface area contributed by atoms with Crippen molar-refractivity contribution in [3.63, 3.8) is 0 Å². The van der Waals surface area contributed by atoms with Gasteiger partial charge in [-0.25, -0.2) is 4.79 Å². The summed E-state index contributed by atoms with van der Waals surface area (Å²) in [6, 6.07) is 9.28. The third-order valence-electron chi connectivity index (χ3n) is 2.70. The van der Waals surface area contributed by atoms with Crippen LogP contribution >= 0.6 is 11.3 Å². The van der Waals surface area contributed by atoms with Gasteiger partial charge < -0.3 is 15.7 Å². The van der Waals surface area contributed by atoms with Gasteiger partial charge in [0.15, 0.2) is 0 Å². The number of hydrogen-bond donors (Lipinski definition) is 3. The average Bonchev–Trinajstić information content (AvgIpc) is 2.93. The minimum atomic E-state index is -0.241. The van der Waals surface area contributed by atoms with E-state index in [1.165, 1.54) is 11.3 Å². The Bertz CT molecular complexity index is 666. The van der Waals surface area contributed by atoms with Gasteiger partial charge in [-0.15, -0.1) is 11.3 Å². The van der Waals surface area contributed by atoms with E-state index in [-0.39, 0.29) is 12.6 Å². The second-order valence-corrected chi connectivity index (χ2v) is 5.43. The molecule has 2 amide bonds. The highest BCUT2D eigenvalue weighted by molar-refractivity contribution is 7.10. The first-order valence-electron chi connectivity index (χ1n) is 6.46. The Hall–Kier alpha value is -2.29. The molecule has 0 radical (unpaired) electrons. The zero-order chi connectivity index (χ0) is 15.1. The number of aliphatic hydroxyl groups is 1. The number of aliphatic hydroxyl groups excluding tert-OH is 1. The van der Waals surface area contributed by atoms with Crippen LogP contribution in [0.25, 0.3) is 0 Å². The van der Waals surface area contributed by atoms with Crippen LogP contribution in [0.1, 0.15) is 16.0 Å². The highest BCUT2D eigenvalue weighted by atomic mass is 32.1. The van der Waals surface area contributed by atoms with Gasteiger partial charge in [0, 0.05) is 21.5 Å². The fourth-order valence-electron chi connectivity index (χ4n) is 1.66. The molecule has 0 saturated carbocycles. The van der Waals surface area contributed by atoms with Crippen molar-refractivity contribution in [3.8, 4) is 11.8 Å². The Morgan fingerprint density at radius 1 is 1.33 bits per heavy atom. The number of thiophene rings is 1. The molecule has 1 aromatic carbocycles. The third kappa shape index (κ3) is 4.95. The molecule has 2 aromatic rings. The lowest BCUT2D eigenvalue weighted by Gasteiger charge is -2.06. The normalized spacial score (nSPS) is 9.62. The van der Waals surface area contributed by atoms with Crippen LogP contribution in [-0.2, 0) is 6.54 Å². The van der Waals surface area contributed by atoms with Crippen LogP contribution in [0.15, 0.2) is 35.7 Å². The zero-order valence-electron chi connectivity index (χ0n) is 11.6. The summed E-state index contributed by atoms with van der Waals surface area (Å²) in [4.78, 5) is 12.8. The molecule has 1 aromatic heterocycles. The number of carbonyl (C=O) groups is 1. The highest BCUT2D eigenvalue weighted by Crippen LogP contribution is 2.13. The predicted molar refractivity (Wildman–Crippen MR) is 85.3 cm³/mol. The zero-order valence-corrected chi connectivity index (χ0v) is 12.5.